The molecular formula is C21H25N3O2. The molecule has 2 aromatic rings. The average molecular weight is 351 g/mol. The van der Waals surface area contributed by atoms with Crippen LogP contribution in [0.15, 0.2) is 48.8 Å². The molecule has 136 valence electrons. The minimum Gasteiger partial charge on any atom is -0.444 e. The first-order chi connectivity index (χ1) is 12.7. The molecule has 2 bridgehead atoms. The zero-order chi connectivity index (χ0) is 17.9. The summed E-state index contributed by atoms with van der Waals surface area (Å²) in [5.41, 5.74) is 3.03. The molecule has 5 nitrogen and oxygen atoms in total. The molecule has 2 atom stereocenters. The number of carbonyl (C=O) groups is 1. The van der Waals surface area contributed by atoms with Crippen molar-refractivity contribution >= 4 is 11.8 Å². The minimum atomic E-state index is -0.353. The molecule has 1 N–H and O–H groups in total. The van der Waals surface area contributed by atoms with Crippen molar-refractivity contribution in [2.24, 2.45) is 5.92 Å². The van der Waals surface area contributed by atoms with Crippen LogP contribution in [0.25, 0.3) is 0 Å². The SMILES string of the molecule is Cc1ccccc1NC(=O)O[C@H]1C2CCN(CC2)[C@H]1Cc1cccnc1. The Morgan fingerprint density at radius 1 is 1.23 bits per heavy atom. The van der Waals surface area contributed by atoms with Crippen LogP contribution in [-0.2, 0) is 11.2 Å². The number of pyridine rings is 1. The summed E-state index contributed by atoms with van der Waals surface area (Å²) >= 11 is 0. The molecule has 1 aromatic carbocycles. The summed E-state index contributed by atoms with van der Waals surface area (Å²) in [6, 6.07) is 12.1. The van der Waals surface area contributed by atoms with E-state index in [0.29, 0.717) is 5.92 Å². The smallest absolute Gasteiger partial charge is 0.411 e. The lowest BCUT2D eigenvalue weighted by molar-refractivity contribution is -0.0741. The van der Waals surface area contributed by atoms with Gasteiger partial charge in [-0.05, 0) is 62.5 Å². The van der Waals surface area contributed by atoms with E-state index in [1.54, 1.807) is 6.20 Å². The van der Waals surface area contributed by atoms with Crippen molar-refractivity contribution in [3.8, 4) is 0 Å². The van der Waals surface area contributed by atoms with Crippen LogP contribution in [0, 0.1) is 12.8 Å². The van der Waals surface area contributed by atoms with E-state index >= 15 is 0 Å². The summed E-state index contributed by atoms with van der Waals surface area (Å²) in [5, 5.41) is 2.91. The number of amides is 1. The van der Waals surface area contributed by atoms with E-state index in [9.17, 15) is 4.79 Å². The number of benzene rings is 1. The molecule has 3 aliphatic heterocycles. The zero-order valence-corrected chi connectivity index (χ0v) is 15.1. The Balaban J connectivity index is 1.47. The molecule has 26 heavy (non-hydrogen) atoms. The van der Waals surface area contributed by atoms with Crippen molar-refractivity contribution < 1.29 is 9.53 Å². The predicted molar refractivity (Wildman–Crippen MR) is 101 cm³/mol. The van der Waals surface area contributed by atoms with Gasteiger partial charge in [-0.2, -0.15) is 0 Å². The van der Waals surface area contributed by atoms with Gasteiger partial charge in [-0.25, -0.2) is 4.79 Å². The van der Waals surface area contributed by atoms with Gasteiger partial charge in [0, 0.05) is 24.0 Å². The normalized spacial score (nSPS) is 27.1. The highest BCUT2D eigenvalue weighted by molar-refractivity contribution is 5.85. The molecule has 3 fully saturated rings. The molecule has 5 heteroatoms. The Kier molecular flexibility index (Phi) is 4.89. The van der Waals surface area contributed by atoms with Gasteiger partial charge in [-0.15, -0.1) is 0 Å². The number of aryl methyl sites for hydroxylation is 1. The van der Waals surface area contributed by atoms with E-state index in [1.807, 2.05) is 43.5 Å². The average Bonchev–Trinajstić information content (AvgIpc) is 2.67. The largest absolute Gasteiger partial charge is 0.444 e. The van der Waals surface area contributed by atoms with Gasteiger partial charge in [0.05, 0.1) is 6.04 Å². The fraction of sp³-hybridized carbons (Fsp3) is 0.429. The summed E-state index contributed by atoms with van der Waals surface area (Å²) in [4.78, 5) is 19.2. The van der Waals surface area contributed by atoms with Crippen LogP contribution in [0.2, 0.25) is 0 Å². The quantitative estimate of drug-likeness (QED) is 0.914. The summed E-state index contributed by atoms with van der Waals surface area (Å²) in [6.45, 7) is 4.17. The second-order valence-electron chi connectivity index (χ2n) is 7.32. The third-order valence-electron chi connectivity index (χ3n) is 5.68. The molecule has 0 spiro atoms. The van der Waals surface area contributed by atoms with Crippen LogP contribution in [0.5, 0.6) is 0 Å². The Morgan fingerprint density at radius 3 is 2.77 bits per heavy atom. The monoisotopic (exact) mass is 351 g/mol. The van der Waals surface area contributed by atoms with Gasteiger partial charge < -0.3 is 4.74 Å². The molecule has 3 aliphatic rings. The van der Waals surface area contributed by atoms with Crippen molar-refractivity contribution in [2.75, 3.05) is 18.4 Å². The Morgan fingerprint density at radius 2 is 2.04 bits per heavy atom. The van der Waals surface area contributed by atoms with Crippen LogP contribution in [0.1, 0.15) is 24.0 Å². The molecule has 0 aliphatic carbocycles. The lowest BCUT2D eigenvalue weighted by Crippen LogP contribution is -2.60. The maximum absolute atomic E-state index is 12.5. The van der Waals surface area contributed by atoms with E-state index in [4.69, 9.17) is 4.74 Å². The molecule has 1 aromatic heterocycles. The van der Waals surface area contributed by atoms with Crippen molar-refractivity contribution in [1.29, 1.82) is 0 Å². The number of ether oxygens (including phenoxy) is 1. The maximum atomic E-state index is 12.5. The molecule has 0 saturated carbocycles. The second kappa shape index (κ2) is 7.46. The number of anilines is 1. The van der Waals surface area contributed by atoms with E-state index in [0.717, 1.165) is 43.6 Å². The summed E-state index contributed by atoms with van der Waals surface area (Å²) in [7, 11) is 0. The fourth-order valence-corrected chi connectivity index (χ4v) is 4.26. The van der Waals surface area contributed by atoms with E-state index in [2.05, 4.69) is 21.3 Å². The number of fused-ring (bicyclic) bond motifs is 3. The number of hydrogen-bond acceptors (Lipinski definition) is 4. The van der Waals surface area contributed by atoms with Gasteiger partial charge >= 0.3 is 6.09 Å². The molecule has 3 saturated heterocycles. The van der Waals surface area contributed by atoms with Crippen LogP contribution in [0.3, 0.4) is 0 Å². The first-order valence-electron chi connectivity index (χ1n) is 9.37. The third kappa shape index (κ3) is 3.58. The van der Waals surface area contributed by atoms with E-state index in [1.165, 1.54) is 5.56 Å². The topological polar surface area (TPSA) is 54.5 Å². The molecule has 0 radical (unpaired) electrons. The van der Waals surface area contributed by atoms with Gasteiger partial charge in [-0.1, -0.05) is 24.3 Å². The number of piperidine rings is 3. The number of aromatic nitrogens is 1. The van der Waals surface area contributed by atoms with Crippen molar-refractivity contribution in [2.45, 2.75) is 38.3 Å². The number of nitrogens with one attached hydrogen (secondary N) is 1. The Hall–Kier alpha value is -2.40. The molecule has 5 rings (SSSR count). The first kappa shape index (κ1) is 17.0. The van der Waals surface area contributed by atoms with Gasteiger partial charge in [0.25, 0.3) is 0 Å². The van der Waals surface area contributed by atoms with Crippen LogP contribution in [-0.4, -0.2) is 41.2 Å². The van der Waals surface area contributed by atoms with Gasteiger partial charge in [0.2, 0.25) is 0 Å². The standard InChI is InChI=1S/C21H25N3O2/c1-15-5-2-3-7-18(15)23-21(25)26-20-17-8-11-24(12-9-17)19(20)13-16-6-4-10-22-14-16/h2-7,10,14,17,19-20H,8-9,11-13H2,1H3,(H,23,25)/t19-,20-/m0/s1. The van der Waals surface area contributed by atoms with Crippen molar-refractivity contribution in [1.82, 2.24) is 9.88 Å². The lowest BCUT2D eigenvalue weighted by Gasteiger charge is -2.50. The van der Waals surface area contributed by atoms with Crippen molar-refractivity contribution in [3.05, 3.63) is 59.9 Å². The summed E-state index contributed by atoms with van der Waals surface area (Å²) in [5.74, 6) is 0.448. The maximum Gasteiger partial charge on any atom is 0.411 e. The van der Waals surface area contributed by atoms with Crippen LogP contribution < -0.4 is 5.32 Å². The molecular weight excluding hydrogens is 326 g/mol. The zero-order valence-electron chi connectivity index (χ0n) is 15.1. The fourth-order valence-electron chi connectivity index (χ4n) is 4.26. The van der Waals surface area contributed by atoms with Crippen molar-refractivity contribution in [3.63, 3.8) is 0 Å². The minimum absolute atomic E-state index is 0.0678. The summed E-state index contributed by atoms with van der Waals surface area (Å²) < 4.78 is 5.96. The highest BCUT2D eigenvalue weighted by atomic mass is 16.6. The predicted octanol–water partition coefficient (Wildman–Crippen LogP) is 3.64. The van der Waals surface area contributed by atoms with Gasteiger partial charge in [-0.3, -0.25) is 15.2 Å². The number of nitrogens with zero attached hydrogens (tertiary/aromatic N) is 2. The Bertz CT molecular complexity index is 757. The number of carbonyl (C=O) groups excluding carboxylic acids is 1. The highest BCUT2D eigenvalue weighted by Crippen LogP contribution is 2.36. The van der Waals surface area contributed by atoms with Crippen LogP contribution in [0.4, 0.5) is 10.5 Å². The molecule has 1 amide bonds. The second-order valence-corrected chi connectivity index (χ2v) is 7.32. The van der Waals surface area contributed by atoms with E-state index < -0.39 is 0 Å². The first-order valence-corrected chi connectivity index (χ1v) is 9.37. The number of rotatable bonds is 4. The van der Waals surface area contributed by atoms with Gasteiger partial charge in [0.1, 0.15) is 6.10 Å². The third-order valence-corrected chi connectivity index (χ3v) is 5.68. The van der Waals surface area contributed by atoms with Gasteiger partial charge in [0.15, 0.2) is 0 Å². The molecule has 0 unspecified atom stereocenters. The van der Waals surface area contributed by atoms with Crippen LogP contribution >= 0.6 is 0 Å². The van der Waals surface area contributed by atoms with E-state index in [-0.39, 0.29) is 18.2 Å². The summed E-state index contributed by atoms with van der Waals surface area (Å²) in [6.07, 6.45) is 6.36. The number of para-hydroxylation sites is 1. The lowest BCUT2D eigenvalue weighted by atomic mass is 9.78. The number of hydrogen-bond donors (Lipinski definition) is 1. The Labute approximate surface area is 154 Å². The highest BCUT2D eigenvalue weighted by Gasteiger charge is 2.44. The molecule has 4 heterocycles.